The van der Waals surface area contributed by atoms with E-state index in [9.17, 15) is 13.6 Å². The number of nitrogens with one attached hydrogen (secondary N) is 1. The van der Waals surface area contributed by atoms with E-state index in [1.165, 1.54) is 19.1 Å². The minimum Gasteiger partial charge on any atom is -0.411 e. The molecule has 0 unspecified atom stereocenters. The molecule has 28 heavy (non-hydrogen) atoms. The van der Waals surface area contributed by atoms with Gasteiger partial charge < -0.3 is 16.4 Å². The van der Waals surface area contributed by atoms with Crippen molar-refractivity contribution in [3.63, 3.8) is 0 Å². The average Bonchev–Trinajstić information content (AvgIpc) is 2.64. The van der Waals surface area contributed by atoms with Gasteiger partial charge in [-0.2, -0.15) is 0 Å². The molecule has 2 aromatic rings. The maximum Gasteiger partial charge on any atom is 0.267 e. The molecule has 9 heteroatoms. The number of pyridine rings is 1. The smallest absolute Gasteiger partial charge is 0.267 e. The molecule has 1 aromatic carbocycles. The highest BCUT2D eigenvalue weighted by Gasteiger charge is 2.25. The van der Waals surface area contributed by atoms with Gasteiger partial charge in [0.1, 0.15) is 23.0 Å². The molecule has 3 rings (SSSR count). The Morgan fingerprint density at radius 1 is 1.36 bits per heavy atom. The van der Waals surface area contributed by atoms with Gasteiger partial charge in [-0.3, -0.25) is 9.69 Å². The lowest BCUT2D eigenvalue weighted by Crippen LogP contribution is -2.37. The number of aromatic nitrogens is 1. The van der Waals surface area contributed by atoms with Gasteiger partial charge in [-0.25, -0.2) is 13.8 Å². The summed E-state index contributed by atoms with van der Waals surface area (Å²) in [5, 5.41) is 19.8. The van der Waals surface area contributed by atoms with Gasteiger partial charge in [-0.05, 0) is 42.7 Å². The topological polar surface area (TPSA) is 116 Å². The van der Waals surface area contributed by atoms with Gasteiger partial charge in [0.25, 0.3) is 5.91 Å². The molecular formula is C19H19F2N5O2. The van der Waals surface area contributed by atoms with Crippen molar-refractivity contribution in [1.29, 1.82) is 5.41 Å². The van der Waals surface area contributed by atoms with E-state index in [-0.39, 0.29) is 29.2 Å². The van der Waals surface area contributed by atoms with Crippen LogP contribution >= 0.6 is 0 Å². The SMILES string of the molecule is CC(=N)/C(CN1CCc2c(-c3ccc(F)cc3F)cc(C(N)=O)nc2C1)=N\O. The van der Waals surface area contributed by atoms with Crippen LogP contribution in [0.1, 0.15) is 28.7 Å². The van der Waals surface area contributed by atoms with Gasteiger partial charge in [-0.1, -0.05) is 5.16 Å². The fraction of sp³-hybridized carbons (Fsp3) is 0.263. The Morgan fingerprint density at radius 2 is 2.11 bits per heavy atom. The summed E-state index contributed by atoms with van der Waals surface area (Å²) in [7, 11) is 0. The van der Waals surface area contributed by atoms with Gasteiger partial charge in [0.05, 0.1) is 11.4 Å². The number of amides is 1. The minimum absolute atomic E-state index is 0.0152. The lowest BCUT2D eigenvalue weighted by Gasteiger charge is -2.29. The first-order chi connectivity index (χ1) is 13.3. The number of benzene rings is 1. The van der Waals surface area contributed by atoms with Gasteiger partial charge >= 0.3 is 0 Å². The Morgan fingerprint density at radius 3 is 2.71 bits per heavy atom. The fourth-order valence-corrected chi connectivity index (χ4v) is 3.24. The Bertz CT molecular complexity index is 991. The zero-order valence-corrected chi connectivity index (χ0v) is 15.2. The molecule has 0 saturated heterocycles. The first-order valence-electron chi connectivity index (χ1n) is 8.57. The molecule has 0 aliphatic carbocycles. The maximum absolute atomic E-state index is 14.4. The highest BCUT2D eigenvalue weighted by molar-refractivity contribution is 6.40. The van der Waals surface area contributed by atoms with E-state index in [2.05, 4.69) is 10.1 Å². The highest BCUT2D eigenvalue weighted by atomic mass is 19.1. The van der Waals surface area contributed by atoms with Crippen molar-refractivity contribution in [3.05, 3.63) is 52.9 Å². The number of oxime groups is 1. The van der Waals surface area contributed by atoms with E-state index in [4.69, 9.17) is 16.4 Å². The summed E-state index contributed by atoms with van der Waals surface area (Å²) >= 11 is 0. The van der Waals surface area contributed by atoms with Crippen LogP contribution in [0.2, 0.25) is 0 Å². The summed E-state index contributed by atoms with van der Waals surface area (Å²) in [5.41, 5.74) is 7.65. The molecule has 0 spiro atoms. The molecule has 1 amide bonds. The van der Waals surface area contributed by atoms with Gasteiger partial charge in [0.2, 0.25) is 0 Å². The third-order valence-corrected chi connectivity index (χ3v) is 4.66. The van der Waals surface area contributed by atoms with E-state index in [1.807, 2.05) is 4.90 Å². The van der Waals surface area contributed by atoms with Crippen LogP contribution in [0.5, 0.6) is 0 Å². The monoisotopic (exact) mass is 387 g/mol. The first-order valence-corrected chi connectivity index (χ1v) is 8.57. The normalized spacial score (nSPS) is 14.6. The van der Waals surface area contributed by atoms with Crippen LogP contribution in [-0.4, -0.2) is 45.5 Å². The summed E-state index contributed by atoms with van der Waals surface area (Å²) in [6.45, 7) is 2.60. The molecule has 0 bridgehead atoms. The highest BCUT2D eigenvalue weighted by Crippen LogP contribution is 2.32. The quantitative estimate of drug-likeness (QED) is 0.415. The number of carbonyl (C=O) groups excluding carboxylic acids is 1. The molecule has 0 atom stereocenters. The van der Waals surface area contributed by atoms with Crippen LogP contribution in [-0.2, 0) is 13.0 Å². The molecule has 1 aliphatic heterocycles. The number of fused-ring (bicyclic) bond motifs is 1. The Kier molecular flexibility index (Phi) is 5.46. The van der Waals surface area contributed by atoms with Crippen molar-refractivity contribution in [1.82, 2.24) is 9.88 Å². The lowest BCUT2D eigenvalue weighted by molar-refractivity contribution is 0.0995. The second-order valence-electron chi connectivity index (χ2n) is 6.60. The van der Waals surface area contributed by atoms with E-state index < -0.39 is 17.5 Å². The number of hydrogen-bond acceptors (Lipinski definition) is 6. The molecular weight excluding hydrogens is 368 g/mol. The minimum atomic E-state index is -0.753. The summed E-state index contributed by atoms with van der Waals surface area (Å²) < 4.78 is 27.7. The lowest BCUT2D eigenvalue weighted by atomic mass is 9.92. The molecule has 146 valence electrons. The van der Waals surface area contributed by atoms with E-state index in [1.54, 1.807) is 0 Å². The maximum atomic E-state index is 14.4. The zero-order valence-electron chi connectivity index (χ0n) is 15.2. The number of rotatable bonds is 5. The molecule has 2 heterocycles. The van der Waals surface area contributed by atoms with Crippen molar-refractivity contribution in [3.8, 4) is 11.1 Å². The van der Waals surface area contributed by atoms with E-state index in [0.717, 1.165) is 17.7 Å². The first kappa shape index (κ1) is 19.6. The van der Waals surface area contributed by atoms with Crippen LogP contribution < -0.4 is 5.73 Å². The molecule has 0 saturated carbocycles. The molecule has 1 aliphatic rings. The van der Waals surface area contributed by atoms with Crippen molar-refractivity contribution in [2.75, 3.05) is 13.1 Å². The van der Waals surface area contributed by atoms with Crippen LogP contribution in [0.4, 0.5) is 8.78 Å². The van der Waals surface area contributed by atoms with Crippen LogP contribution in [0.3, 0.4) is 0 Å². The number of carbonyl (C=O) groups is 1. The molecule has 1 aromatic heterocycles. The number of halogens is 2. The summed E-state index contributed by atoms with van der Waals surface area (Å²) in [6, 6.07) is 4.70. The fourth-order valence-electron chi connectivity index (χ4n) is 3.24. The number of primary amides is 1. The van der Waals surface area contributed by atoms with E-state index in [0.29, 0.717) is 30.8 Å². The Labute approximate surface area is 160 Å². The van der Waals surface area contributed by atoms with E-state index >= 15 is 0 Å². The van der Waals surface area contributed by atoms with Crippen molar-refractivity contribution < 1.29 is 18.8 Å². The van der Waals surface area contributed by atoms with Crippen LogP contribution in [0, 0.1) is 17.0 Å². The molecule has 7 nitrogen and oxygen atoms in total. The summed E-state index contributed by atoms with van der Waals surface area (Å²) in [4.78, 5) is 17.9. The van der Waals surface area contributed by atoms with Crippen molar-refractivity contribution in [2.24, 2.45) is 10.9 Å². The summed E-state index contributed by atoms with van der Waals surface area (Å²) in [6.07, 6.45) is 0.489. The van der Waals surface area contributed by atoms with Gasteiger partial charge in [-0.15, -0.1) is 0 Å². The van der Waals surface area contributed by atoms with Crippen LogP contribution in [0.25, 0.3) is 11.1 Å². The molecule has 0 fully saturated rings. The molecule has 4 N–H and O–H groups in total. The average molecular weight is 387 g/mol. The molecule has 0 radical (unpaired) electrons. The second kappa shape index (κ2) is 7.81. The Balaban J connectivity index is 2.04. The predicted molar refractivity (Wildman–Crippen MR) is 99.7 cm³/mol. The number of hydrogen-bond donors (Lipinski definition) is 3. The summed E-state index contributed by atoms with van der Waals surface area (Å²) in [5.74, 6) is -2.18. The van der Waals surface area contributed by atoms with Gasteiger partial charge in [0.15, 0.2) is 0 Å². The Hall–Kier alpha value is -3.20. The number of nitrogens with two attached hydrogens (primary N) is 1. The standard InChI is InChI=1S/C19H19F2N5O2/c1-10(22)17(25-28)8-26-5-4-13-14(12-3-2-11(20)6-15(12)21)7-16(19(23)27)24-18(13)9-26/h2-3,6-7,22,28H,4-5,8-9H2,1H3,(H2,23,27)/b22-10?,25-17-. The van der Waals surface area contributed by atoms with Crippen molar-refractivity contribution in [2.45, 2.75) is 19.9 Å². The number of nitrogens with zero attached hydrogens (tertiary/aromatic N) is 3. The zero-order chi connectivity index (χ0) is 20.4. The third kappa shape index (κ3) is 3.89. The van der Waals surface area contributed by atoms with Crippen molar-refractivity contribution >= 4 is 17.3 Å². The largest absolute Gasteiger partial charge is 0.411 e. The third-order valence-electron chi connectivity index (χ3n) is 4.66. The van der Waals surface area contributed by atoms with Crippen LogP contribution in [0.15, 0.2) is 29.4 Å². The predicted octanol–water partition coefficient (Wildman–Crippen LogP) is 2.35. The second-order valence-corrected chi connectivity index (χ2v) is 6.60. The van der Waals surface area contributed by atoms with Gasteiger partial charge in [0, 0.05) is 31.3 Å².